The zero-order valence-corrected chi connectivity index (χ0v) is 15.1. The van der Waals surface area contributed by atoms with E-state index in [-0.39, 0.29) is 12.5 Å². The molecule has 0 saturated heterocycles. The van der Waals surface area contributed by atoms with E-state index in [0.717, 1.165) is 21.8 Å². The summed E-state index contributed by atoms with van der Waals surface area (Å²) in [5, 5.41) is 13.0. The molecule has 0 radical (unpaired) electrons. The summed E-state index contributed by atoms with van der Waals surface area (Å²) in [6.07, 6.45) is 1.32. The minimum Gasteiger partial charge on any atom is -0.464 e. The summed E-state index contributed by atoms with van der Waals surface area (Å²) in [4.78, 5) is 13.1. The molecule has 1 aromatic heterocycles. The fourth-order valence-electron chi connectivity index (χ4n) is 2.51. The van der Waals surface area contributed by atoms with Crippen molar-refractivity contribution >= 4 is 17.7 Å². The van der Waals surface area contributed by atoms with Crippen LogP contribution in [-0.2, 0) is 4.79 Å². The Morgan fingerprint density at radius 3 is 2.50 bits per heavy atom. The Bertz CT molecular complexity index is 801. The molecular weight excluding hydrogens is 346 g/mol. The van der Waals surface area contributed by atoms with Gasteiger partial charge in [-0.3, -0.25) is 4.79 Å². The van der Waals surface area contributed by atoms with Crippen LogP contribution in [-0.4, -0.2) is 23.3 Å². The Balaban J connectivity index is 1.41. The van der Waals surface area contributed by atoms with Crippen molar-refractivity contribution in [2.24, 2.45) is 0 Å². The van der Waals surface area contributed by atoms with E-state index in [9.17, 15) is 9.90 Å². The quantitative estimate of drug-likeness (QED) is 0.584. The van der Waals surface area contributed by atoms with E-state index < -0.39 is 6.10 Å². The lowest BCUT2D eigenvalue weighted by molar-refractivity contribution is -0.121. The van der Waals surface area contributed by atoms with Gasteiger partial charge in [0.05, 0.1) is 12.4 Å². The molecule has 134 valence electrons. The van der Waals surface area contributed by atoms with Gasteiger partial charge in [-0.2, -0.15) is 0 Å². The zero-order valence-electron chi connectivity index (χ0n) is 14.3. The van der Waals surface area contributed by atoms with Crippen molar-refractivity contribution in [1.29, 1.82) is 0 Å². The first kappa shape index (κ1) is 18.3. The van der Waals surface area contributed by atoms with Crippen LogP contribution in [0.25, 0.3) is 11.3 Å². The van der Waals surface area contributed by atoms with Crippen molar-refractivity contribution in [3.63, 3.8) is 0 Å². The number of hydrogen-bond acceptors (Lipinski definition) is 4. The minimum absolute atomic E-state index is 0.0558. The number of benzene rings is 2. The molecule has 0 aliphatic heterocycles. The van der Waals surface area contributed by atoms with Gasteiger partial charge in [0.2, 0.25) is 5.91 Å². The van der Waals surface area contributed by atoms with E-state index in [4.69, 9.17) is 4.42 Å². The van der Waals surface area contributed by atoms with Crippen molar-refractivity contribution in [2.75, 3.05) is 12.3 Å². The van der Waals surface area contributed by atoms with Crippen molar-refractivity contribution in [3.05, 3.63) is 78.6 Å². The van der Waals surface area contributed by atoms with Gasteiger partial charge in [-0.05, 0) is 29.8 Å². The molecule has 0 fully saturated rings. The summed E-state index contributed by atoms with van der Waals surface area (Å²) in [5.74, 6) is 1.44. The normalized spacial score (nSPS) is 11.9. The number of thioether (sulfide) groups is 1. The second kappa shape index (κ2) is 9.27. The maximum absolute atomic E-state index is 11.9. The van der Waals surface area contributed by atoms with Gasteiger partial charge in [0.1, 0.15) is 5.76 Å². The number of carbonyl (C=O) groups excluding carboxylic acids is 1. The lowest BCUT2D eigenvalue weighted by Crippen LogP contribution is -2.28. The molecule has 4 nitrogen and oxygen atoms in total. The van der Waals surface area contributed by atoms with Crippen LogP contribution in [0.2, 0.25) is 0 Å². The van der Waals surface area contributed by atoms with Crippen LogP contribution in [0.4, 0.5) is 0 Å². The molecule has 0 unspecified atom stereocenters. The molecule has 5 heteroatoms. The fraction of sp³-hybridized carbons (Fsp3) is 0.190. The van der Waals surface area contributed by atoms with E-state index in [0.29, 0.717) is 12.2 Å². The van der Waals surface area contributed by atoms with Crippen molar-refractivity contribution in [2.45, 2.75) is 17.4 Å². The third-order valence-electron chi connectivity index (χ3n) is 3.93. The van der Waals surface area contributed by atoms with Crippen LogP contribution in [0, 0.1) is 0 Å². The maximum Gasteiger partial charge on any atom is 0.220 e. The monoisotopic (exact) mass is 367 g/mol. The molecule has 0 aliphatic carbocycles. The van der Waals surface area contributed by atoms with Crippen LogP contribution in [0.1, 0.15) is 18.1 Å². The van der Waals surface area contributed by atoms with Gasteiger partial charge in [0.15, 0.2) is 0 Å². The number of amides is 1. The zero-order chi connectivity index (χ0) is 18.2. The molecule has 2 N–H and O–H groups in total. The molecule has 3 aromatic rings. The van der Waals surface area contributed by atoms with Gasteiger partial charge < -0.3 is 14.8 Å². The highest BCUT2D eigenvalue weighted by atomic mass is 32.2. The number of aliphatic hydroxyl groups is 1. The Labute approximate surface area is 157 Å². The molecule has 1 amide bonds. The summed E-state index contributed by atoms with van der Waals surface area (Å²) in [5.41, 5.74) is 1.71. The van der Waals surface area contributed by atoms with Crippen LogP contribution in [0.15, 0.2) is 82.3 Å². The van der Waals surface area contributed by atoms with Gasteiger partial charge in [-0.15, -0.1) is 11.8 Å². The molecule has 1 atom stereocenters. The third kappa shape index (κ3) is 5.25. The standard InChI is InChI=1S/C21H21NO3S/c23-19(16-8-10-17(11-9-16)20-7-4-13-25-20)15-22-21(24)12-14-26-18-5-2-1-3-6-18/h1-11,13,19,23H,12,14-15H2,(H,22,24)/t19-/m1/s1. The Hall–Kier alpha value is -2.50. The molecule has 3 rings (SSSR count). The van der Waals surface area contributed by atoms with Crippen LogP contribution < -0.4 is 5.32 Å². The fourth-order valence-corrected chi connectivity index (χ4v) is 3.38. The number of rotatable bonds is 8. The second-order valence-corrected chi connectivity index (χ2v) is 7.00. The summed E-state index contributed by atoms with van der Waals surface area (Å²) < 4.78 is 5.35. The summed E-state index contributed by atoms with van der Waals surface area (Å²) in [6.45, 7) is 0.203. The first-order chi connectivity index (χ1) is 12.7. The summed E-state index contributed by atoms with van der Waals surface area (Å²) in [7, 11) is 0. The third-order valence-corrected chi connectivity index (χ3v) is 4.95. The van der Waals surface area contributed by atoms with E-state index in [1.807, 2.05) is 66.7 Å². The lowest BCUT2D eigenvalue weighted by Gasteiger charge is -2.12. The van der Waals surface area contributed by atoms with Crippen molar-refractivity contribution < 1.29 is 14.3 Å². The minimum atomic E-state index is -0.730. The smallest absolute Gasteiger partial charge is 0.220 e. The number of aliphatic hydroxyl groups excluding tert-OH is 1. The predicted molar refractivity (Wildman–Crippen MR) is 104 cm³/mol. The summed E-state index contributed by atoms with van der Waals surface area (Å²) >= 11 is 1.65. The van der Waals surface area contributed by atoms with E-state index >= 15 is 0 Å². The average Bonchev–Trinajstić information content (AvgIpc) is 3.22. The summed E-state index contributed by atoms with van der Waals surface area (Å²) in [6, 6.07) is 21.2. The largest absolute Gasteiger partial charge is 0.464 e. The van der Waals surface area contributed by atoms with Crippen molar-refractivity contribution in [1.82, 2.24) is 5.32 Å². The molecule has 0 saturated carbocycles. The predicted octanol–water partition coefficient (Wildman–Crippen LogP) is 4.28. The second-order valence-electron chi connectivity index (χ2n) is 5.83. The molecule has 0 aliphatic rings. The van der Waals surface area contributed by atoms with Gasteiger partial charge in [-0.25, -0.2) is 0 Å². The first-order valence-corrected chi connectivity index (χ1v) is 9.47. The van der Waals surface area contributed by atoms with Crippen LogP contribution >= 0.6 is 11.8 Å². The maximum atomic E-state index is 11.9. The van der Waals surface area contributed by atoms with Crippen LogP contribution in [0.5, 0.6) is 0 Å². The highest BCUT2D eigenvalue weighted by Gasteiger charge is 2.10. The van der Waals surface area contributed by atoms with Crippen LogP contribution in [0.3, 0.4) is 0 Å². The van der Waals surface area contributed by atoms with E-state index in [1.54, 1.807) is 18.0 Å². The molecule has 0 bridgehead atoms. The van der Waals surface area contributed by atoms with Gasteiger partial charge >= 0.3 is 0 Å². The number of nitrogens with one attached hydrogen (secondary N) is 1. The van der Waals surface area contributed by atoms with E-state index in [1.165, 1.54) is 0 Å². The SMILES string of the molecule is O=C(CCSc1ccccc1)NC[C@@H](O)c1ccc(-c2ccco2)cc1. The van der Waals surface area contributed by atoms with Gasteiger partial charge in [-0.1, -0.05) is 42.5 Å². The van der Waals surface area contributed by atoms with Gasteiger partial charge in [0.25, 0.3) is 0 Å². The van der Waals surface area contributed by atoms with Crippen molar-refractivity contribution in [3.8, 4) is 11.3 Å². The molecule has 1 heterocycles. The molecule has 26 heavy (non-hydrogen) atoms. The molecule has 0 spiro atoms. The highest BCUT2D eigenvalue weighted by molar-refractivity contribution is 7.99. The molecular formula is C21H21NO3S. The Kier molecular flexibility index (Phi) is 6.52. The Morgan fingerprint density at radius 2 is 1.81 bits per heavy atom. The van der Waals surface area contributed by atoms with Gasteiger partial charge in [0, 0.05) is 29.2 Å². The Morgan fingerprint density at radius 1 is 1.04 bits per heavy atom. The number of hydrogen-bond donors (Lipinski definition) is 2. The molecule has 2 aromatic carbocycles. The topological polar surface area (TPSA) is 62.5 Å². The average molecular weight is 367 g/mol. The van der Waals surface area contributed by atoms with E-state index in [2.05, 4.69) is 5.32 Å². The number of carbonyl (C=O) groups is 1. The number of furan rings is 1. The first-order valence-electron chi connectivity index (χ1n) is 8.49. The highest BCUT2D eigenvalue weighted by Crippen LogP contribution is 2.22. The lowest BCUT2D eigenvalue weighted by atomic mass is 10.1.